The predicted molar refractivity (Wildman–Crippen MR) is 103 cm³/mol. The molecule has 0 radical (unpaired) electrons. The van der Waals surface area contributed by atoms with Crippen molar-refractivity contribution in [3.8, 4) is 11.1 Å². The number of hydrogen-bond donors (Lipinski definition) is 1. The minimum absolute atomic E-state index is 0.0573. The number of anilines is 1. The Bertz CT molecular complexity index is 1170. The van der Waals surface area contributed by atoms with E-state index in [2.05, 4.69) is 4.72 Å². The van der Waals surface area contributed by atoms with E-state index >= 15 is 0 Å². The maximum Gasteiger partial charge on any atom is 0.269 e. The van der Waals surface area contributed by atoms with Crippen LogP contribution in [0.1, 0.15) is 16.7 Å². The molecule has 7 heteroatoms. The molecule has 0 atom stereocenters. The summed E-state index contributed by atoms with van der Waals surface area (Å²) in [5.41, 5.74) is 5.24. The van der Waals surface area contributed by atoms with Crippen molar-refractivity contribution < 1.29 is 13.3 Å². The first-order valence-electron chi connectivity index (χ1n) is 8.33. The van der Waals surface area contributed by atoms with E-state index in [1.165, 1.54) is 6.07 Å². The van der Waals surface area contributed by atoms with Crippen LogP contribution >= 0.6 is 0 Å². The van der Waals surface area contributed by atoms with Crippen LogP contribution in [0.15, 0.2) is 65.6 Å². The molecule has 0 saturated carbocycles. The molecule has 1 N–H and O–H groups in total. The van der Waals surface area contributed by atoms with E-state index in [9.17, 15) is 18.5 Å². The SMILES string of the molecule is Cc1ccc(S(=O)(=O)Nc2ccc3c(c2)Cc2cc([N+](=O)[O-])ccc2-3)cc1. The highest BCUT2D eigenvalue weighted by atomic mass is 32.2. The van der Waals surface area contributed by atoms with Crippen LogP contribution in [0.25, 0.3) is 11.1 Å². The molecule has 1 aliphatic carbocycles. The topological polar surface area (TPSA) is 89.3 Å². The van der Waals surface area contributed by atoms with Crippen molar-refractivity contribution in [2.24, 2.45) is 0 Å². The molecular weight excluding hydrogens is 364 g/mol. The van der Waals surface area contributed by atoms with Crippen molar-refractivity contribution in [3.05, 3.63) is 87.5 Å². The van der Waals surface area contributed by atoms with Crippen LogP contribution in [0, 0.1) is 17.0 Å². The first-order valence-corrected chi connectivity index (χ1v) is 9.82. The Kier molecular flexibility index (Phi) is 3.96. The minimum Gasteiger partial charge on any atom is -0.280 e. The number of sulfonamides is 1. The minimum atomic E-state index is -3.67. The number of hydrogen-bond acceptors (Lipinski definition) is 4. The van der Waals surface area contributed by atoms with Crippen molar-refractivity contribution in [2.75, 3.05) is 4.72 Å². The lowest BCUT2D eigenvalue weighted by Gasteiger charge is -2.10. The second kappa shape index (κ2) is 6.21. The van der Waals surface area contributed by atoms with Gasteiger partial charge in [0.1, 0.15) is 0 Å². The summed E-state index contributed by atoms with van der Waals surface area (Å²) < 4.78 is 27.7. The predicted octanol–water partition coefficient (Wildman–Crippen LogP) is 4.28. The molecule has 136 valence electrons. The number of non-ortho nitro benzene ring substituents is 1. The molecule has 0 amide bonds. The van der Waals surface area contributed by atoms with Gasteiger partial charge >= 0.3 is 0 Å². The normalized spacial score (nSPS) is 12.3. The maximum atomic E-state index is 12.6. The first kappa shape index (κ1) is 17.2. The molecule has 27 heavy (non-hydrogen) atoms. The molecule has 1 aliphatic rings. The van der Waals surface area contributed by atoms with Gasteiger partial charge in [-0.1, -0.05) is 23.8 Å². The highest BCUT2D eigenvalue weighted by molar-refractivity contribution is 7.92. The Morgan fingerprint density at radius 3 is 2.22 bits per heavy atom. The average Bonchev–Trinajstić information content (AvgIpc) is 2.98. The smallest absolute Gasteiger partial charge is 0.269 e. The van der Waals surface area contributed by atoms with E-state index in [1.54, 1.807) is 48.5 Å². The molecule has 0 unspecified atom stereocenters. The van der Waals surface area contributed by atoms with Gasteiger partial charge in [0.15, 0.2) is 0 Å². The van der Waals surface area contributed by atoms with Crippen LogP contribution in [-0.2, 0) is 16.4 Å². The largest absolute Gasteiger partial charge is 0.280 e. The van der Waals surface area contributed by atoms with Crippen LogP contribution in [-0.4, -0.2) is 13.3 Å². The van der Waals surface area contributed by atoms with Gasteiger partial charge in [-0.05, 0) is 65.9 Å². The van der Waals surface area contributed by atoms with Gasteiger partial charge in [0.2, 0.25) is 0 Å². The van der Waals surface area contributed by atoms with E-state index in [1.807, 2.05) is 13.0 Å². The fraction of sp³-hybridized carbons (Fsp3) is 0.100. The highest BCUT2D eigenvalue weighted by Gasteiger charge is 2.22. The second-order valence-corrected chi connectivity index (χ2v) is 8.25. The summed E-state index contributed by atoms with van der Waals surface area (Å²) in [6.07, 6.45) is 0.534. The lowest BCUT2D eigenvalue weighted by molar-refractivity contribution is -0.384. The standard InChI is InChI=1S/C20H16N2O4S/c1-13-2-6-18(7-3-13)27(25,26)21-16-4-8-19-14(11-16)10-15-12-17(22(23)24)5-9-20(15)19/h2-9,11-12,21H,10H2,1H3. The molecule has 3 aromatic rings. The fourth-order valence-electron chi connectivity index (χ4n) is 3.31. The van der Waals surface area contributed by atoms with Crippen molar-refractivity contribution >= 4 is 21.4 Å². The van der Waals surface area contributed by atoms with Crippen molar-refractivity contribution in [2.45, 2.75) is 18.2 Å². The lowest BCUT2D eigenvalue weighted by atomic mass is 10.1. The van der Waals surface area contributed by atoms with E-state index in [0.29, 0.717) is 12.1 Å². The molecule has 0 bridgehead atoms. The second-order valence-electron chi connectivity index (χ2n) is 6.57. The molecule has 0 saturated heterocycles. The van der Waals surface area contributed by atoms with Gasteiger partial charge in [0.25, 0.3) is 15.7 Å². The Morgan fingerprint density at radius 1 is 0.926 bits per heavy atom. The summed E-state index contributed by atoms with van der Waals surface area (Å²) in [5.74, 6) is 0. The number of rotatable bonds is 4. The van der Waals surface area contributed by atoms with Crippen LogP contribution in [0.3, 0.4) is 0 Å². The summed E-state index contributed by atoms with van der Waals surface area (Å²) in [6, 6.07) is 16.8. The van der Waals surface area contributed by atoms with E-state index < -0.39 is 14.9 Å². The molecule has 0 aliphatic heterocycles. The zero-order valence-electron chi connectivity index (χ0n) is 14.5. The number of nitrogens with zero attached hydrogens (tertiary/aromatic N) is 1. The Hall–Kier alpha value is -3.19. The zero-order chi connectivity index (χ0) is 19.2. The lowest BCUT2D eigenvalue weighted by Crippen LogP contribution is -2.13. The highest BCUT2D eigenvalue weighted by Crippen LogP contribution is 2.39. The van der Waals surface area contributed by atoms with E-state index in [0.717, 1.165) is 27.8 Å². The van der Waals surface area contributed by atoms with Crippen molar-refractivity contribution in [1.29, 1.82) is 0 Å². The number of nitro groups is 1. The van der Waals surface area contributed by atoms with Crippen molar-refractivity contribution in [3.63, 3.8) is 0 Å². The molecule has 0 heterocycles. The molecule has 6 nitrogen and oxygen atoms in total. The zero-order valence-corrected chi connectivity index (χ0v) is 15.3. The summed E-state index contributed by atoms with van der Waals surface area (Å²) in [6.45, 7) is 1.90. The number of nitro benzene ring substituents is 1. The van der Waals surface area contributed by atoms with Crippen LogP contribution < -0.4 is 4.72 Å². The molecule has 0 aromatic heterocycles. The molecule has 3 aromatic carbocycles. The number of benzene rings is 3. The summed E-state index contributed by atoms with van der Waals surface area (Å²) >= 11 is 0. The first-order chi connectivity index (χ1) is 12.8. The number of aryl methyl sites for hydroxylation is 1. The van der Waals surface area contributed by atoms with E-state index in [-0.39, 0.29) is 10.6 Å². The third-order valence-corrected chi connectivity index (χ3v) is 6.06. The summed E-state index contributed by atoms with van der Waals surface area (Å²) in [4.78, 5) is 10.8. The van der Waals surface area contributed by atoms with Gasteiger partial charge in [0, 0.05) is 17.8 Å². The molecule has 0 fully saturated rings. The number of fused-ring (bicyclic) bond motifs is 3. The van der Waals surface area contributed by atoms with Crippen LogP contribution in [0.2, 0.25) is 0 Å². The summed E-state index contributed by atoms with van der Waals surface area (Å²) in [5, 5.41) is 11.0. The third-order valence-electron chi connectivity index (χ3n) is 4.66. The van der Waals surface area contributed by atoms with Gasteiger partial charge < -0.3 is 0 Å². The molecule has 0 spiro atoms. The van der Waals surface area contributed by atoms with Crippen LogP contribution in [0.5, 0.6) is 0 Å². The third kappa shape index (κ3) is 3.17. The number of nitrogens with one attached hydrogen (secondary N) is 1. The Morgan fingerprint density at radius 2 is 1.56 bits per heavy atom. The van der Waals surface area contributed by atoms with Gasteiger partial charge in [-0.15, -0.1) is 0 Å². The Balaban J connectivity index is 1.63. The van der Waals surface area contributed by atoms with Gasteiger partial charge in [-0.25, -0.2) is 8.42 Å². The monoisotopic (exact) mass is 380 g/mol. The summed E-state index contributed by atoms with van der Waals surface area (Å²) in [7, 11) is -3.67. The maximum absolute atomic E-state index is 12.6. The molecular formula is C20H16N2O4S. The quantitative estimate of drug-likeness (QED) is 0.423. The Labute approximate surface area is 156 Å². The van der Waals surface area contributed by atoms with Gasteiger partial charge in [-0.2, -0.15) is 0 Å². The van der Waals surface area contributed by atoms with Gasteiger partial charge in [0.05, 0.1) is 9.82 Å². The fourth-order valence-corrected chi connectivity index (χ4v) is 4.36. The average molecular weight is 380 g/mol. The molecule has 4 rings (SSSR count). The van der Waals surface area contributed by atoms with Crippen LogP contribution in [0.4, 0.5) is 11.4 Å². The van der Waals surface area contributed by atoms with E-state index in [4.69, 9.17) is 0 Å². The van der Waals surface area contributed by atoms with Crippen molar-refractivity contribution in [1.82, 2.24) is 0 Å². The van der Waals surface area contributed by atoms with Gasteiger partial charge in [-0.3, -0.25) is 14.8 Å².